The second-order valence-electron chi connectivity index (χ2n) is 5.18. The van der Waals surface area contributed by atoms with E-state index >= 15 is 0 Å². The fourth-order valence-electron chi connectivity index (χ4n) is 2.55. The number of aromatic nitrogens is 3. The Labute approximate surface area is 121 Å². The van der Waals surface area contributed by atoms with Gasteiger partial charge in [-0.3, -0.25) is 4.98 Å². The zero-order valence-electron chi connectivity index (χ0n) is 12.8. The first-order valence-electron chi connectivity index (χ1n) is 7.34. The Morgan fingerprint density at radius 2 is 2.05 bits per heavy atom. The highest BCUT2D eigenvalue weighted by Crippen LogP contribution is 2.22. The predicted octanol–water partition coefficient (Wildman–Crippen LogP) is 3.00. The van der Waals surface area contributed by atoms with E-state index in [9.17, 15) is 0 Å². The second-order valence-corrected chi connectivity index (χ2v) is 5.18. The van der Waals surface area contributed by atoms with Crippen LogP contribution in [0.2, 0.25) is 0 Å². The maximum atomic E-state index is 4.64. The molecular weight excluding hydrogens is 248 g/mol. The van der Waals surface area contributed by atoms with Crippen LogP contribution in [-0.2, 0) is 6.54 Å². The third-order valence-corrected chi connectivity index (χ3v) is 3.41. The van der Waals surface area contributed by atoms with E-state index in [4.69, 9.17) is 0 Å². The Morgan fingerprint density at radius 1 is 1.25 bits per heavy atom. The molecule has 2 aromatic heterocycles. The number of pyridine rings is 1. The summed E-state index contributed by atoms with van der Waals surface area (Å²) >= 11 is 0. The first-order chi connectivity index (χ1) is 9.67. The van der Waals surface area contributed by atoms with Crippen molar-refractivity contribution >= 4 is 0 Å². The first-order valence-corrected chi connectivity index (χ1v) is 7.34. The van der Waals surface area contributed by atoms with Gasteiger partial charge >= 0.3 is 0 Å². The summed E-state index contributed by atoms with van der Waals surface area (Å²) in [4.78, 5) is 9.19. The molecule has 2 heterocycles. The zero-order valence-corrected chi connectivity index (χ0v) is 12.8. The molecule has 0 saturated carbocycles. The van der Waals surface area contributed by atoms with E-state index in [0.29, 0.717) is 0 Å². The standard InChI is InChI=1S/C16H24N4/c1-5-8-20-9-7-18-16(20)15(17-6-2)14-13(4)10-12(3)11-19-14/h7,9-11,15,17H,5-6,8H2,1-4H3. The van der Waals surface area contributed by atoms with Gasteiger partial charge in [0.05, 0.1) is 5.69 Å². The minimum absolute atomic E-state index is 0.0575. The first kappa shape index (κ1) is 14.7. The predicted molar refractivity (Wildman–Crippen MR) is 81.7 cm³/mol. The smallest absolute Gasteiger partial charge is 0.132 e. The molecule has 0 amide bonds. The summed E-state index contributed by atoms with van der Waals surface area (Å²) in [7, 11) is 0. The summed E-state index contributed by atoms with van der Waals surface area (Å²) in [5, 5.41) is 3.51. The Kier molecular flexibility index (Phi) is 4.90. The summed E-state index contributed by atoms with van der Waals surface area (Å²) in [6, 6.07) is 2.24. The normalized spacial score (nSPS) is 12.6. The van der Waals surface area contributed by atoms with E-state index in [1.807, 2.05) is 18.6 Å². The third kappa shape index (κ3) is 3.07. The molecule has 0 saturated heterocycles. The van der Waals surface area contributed by atoms with Crippen LogP contribution in [0.3, 0.4) is 0 Å². The number of nitrogens with zero attached hydrogens (tertiary/aromatic N) is 3. The Morgan fingerprint density at radius 3 is 2.70 bits per heavy atom. The molecule has 0 aliphatic carbocycles. The topological polar surface area (TPSA) is 42.7 Å². The largest absolute Gasteiger partial charge is 0.333 e. The SMILES string of the molecule is CCCn1ccnc1C(NCC)c1ncc(C)cc1C. The monoisotopic (exact) mass is 272 g/mol. The van der Waals surface area contributed by atoms with Crippen LogP contribution in [0, 0.1) is 13.8 Å². The molecule has 1 N–H and O–H groups in total. The molecule has 2 aromatic rings. The molecule has 1 unspecified atom stereocenters. The summed E-state index contributed by atoms with van der Waals surface area (Å²) in [6.45, 7) is 10.4. The molecular formula is C16H24N4. The highest BCUT2D eigenvalue weighted by atomic mass is 15.1. The van der Waals surface area contributed by atoms with Crippen molar-refractivity contribution in [1.82, 2.24) is 19.9 Å². The van der Waals surface area contributed by atoms with Crippen molar-refractivity contribution < 1.29 is 0 Å². The number of aryl methyl sites for hydroxylation is 3. The van der Waals surface area contributed by atoms with E-state index in [1.54, 1.807) is 0 Å². The molecule has 2 rings (SSSR count). The number of imidazole rings is 1. The molecule has 0 aliphatic heterocycles. The summed E-state index contributed by atoms with van der Waals surface area (Å²) in [6.07, 6.45) is 6.95. The van der Waals surface area contributed by atoms with E-state index in [2.05, 4.69) is 53.6 Å². The zero-order chi connectivity index (χ0) is 14.5. The number of hydrogen-bond acceptors (Lipinski definition) is 3. The Balaban J connectivity index is 2.42. The Bertz CT molecular complexity index is 559. The molecule has 0 aromatic carbocycles. The lowest BCUT2D eigenvalue weighted by Gasteiger charge is -2.20. The Hall–Kier alpha value is -1.68. The highest BCUT2D eigenvalue weighted by Gasteiger charge is 2.21. The lowest BCUT2D eigenvalue weighted by atomic mass is 10.1. The van der Waals surface area contributed by atoms with Crippen molar-refractivity contribution in [3.8, 4) is 0 Å². The van der Waals surface area contributed by atoms with Gasteiger partial charge < -0.3 is 9.88 Å². The molecule has 20 heavy (non-hydrogen) atoms. The number of nitrogens with one attached hydrogen (secondary N) is 1. The van der Waals surface area contributed by atoms with Crippen molar-refractivity contribution in [1.29, 1.82) is 0 Å². The maximum absolute atomic E-state index is 4.64. The van der Waals surface area contributed by atoms with Crippen LogP contribution >= 0.6 is 0 Å². The van der Waals surface area contributed by atoms with Crippen LogP contribution in [0.25, 0.3) is 0 Å². The van der Waals surface area contributed by atoms with Crippen molar-refractivity contribution in [2.75, 3.05) is 6.54 Å². The average Bonchev–Trinajstić information content (AvgIpc) is 2.85. The van der Waals surface area contributed by atoms with E-state index in [0.717, 1.165) is 31.0 Å². The van der Waals surface area contributed by atoms with Crippen molar-refractivity contribution in [3.05, 3.63) is 47.3 Å². The van der Waals surface area contributed by atoms with Crippen LogP contribution in [0.15, 0.2) is 24.7 Å². The molecule has 1 atom stereocenters. The molecule has 0 radical (unpaired) electrons. The quantitative estimate of drug-likeness (QED) is 0.879. The van der Waals surface area contributed by atoms with Gasteiger partial charge in [0, 0.05) is 25.1 Å². The van der Waals surface area contributed by atoms with Crippen molar-refractivity contribution in [2.45, 2.75) is 46.7 Å². The number of hydrogen-bond donors (Lipinski definition) is 1. The fourth-order valence-corrected chi connectivity index (χ4v) is 2.55. The molecule has 4 nitrogen and oxygen atoms in total. The lowest BCUT2D eigenvalue weighted by molar-refractivity contribution is 0.533. The lowest BCUT2D eigenvalue weighted by Crippen LogP contribution is -2.27. The fraction of sp³-hybridized carbons (Fsp3) is 0.500. The number of rotatable bonds is 6. The van der Waals surface area contributed by atoms with Gasteiger partial charge in [-0.25, -0.2) is 4.98 Å². The molecule has 4 heteroatoms. The van der Waals surface area contributed by atoms with Gasteiger partial charge in [-0.2, -0.15) is 0 Å². The van der Waals surface area contributed by atoms with E-state index in [-0.39, 0.29) is 6.04 Å². The molecule has 0 spiro atoms. The highest BCUT2D eigenvalue weighted by molar-refractivity contribution is 5.29. The minimum atomic E-state index is 0.0575. The molecule has 0 fully saturated rings. The second kappa shape index (κ2) is 6.66. The van der Waals surface area contributed by atoms with Gasteiger partial charge in [0.15, 0.2) is 0 Å². The minimum Gasteiger partial charge on any atom is -0.333 e. The molecule has 0 aliphatic rings. The average molecular weight is 272 g/mol. The van der Waals surface area contributed by atoms with Crippen molar-refractivity contribution in [2.24, 2.45) is 0 Å². The van der Waals surface area contributed by atoms with Crippen LogP contribution in [-0.4, -0.2) is 21.1 Å². The van der Waals surface area contributed by atoms with Gasteiger partial charge in [-0.15, -0.1) is 0 Å². The van der Waals surface area contributed by atoms with Gasteiger partial charge in [0.25, 0.3) is 0 Å². The van der Waals surface area contributed by atoms with Crippen LogP contribution in [0.4, 0.5) is 0 Å². The van der Waals surface area contributed by atoms with Gasteiger partial charge in [0.1, 0.15) is 11.9 Å². The van der Waals surface area contributed by atoms with Crippen LogP contribution < -0.4 is 5.32 Å². The summed E-state index contributed by atoms with van der Waals surface area (Å²) in [5.41, 5.74) is 3.47. The van der Waals surface area contributed by atoms with E-state index in [1.165, 1.54) is 11.1 Å². The van der Waals surface area contributed by atoms with E-state index < -0.39 is 0 Å². The summed E-state index contributed by atoms with van der Waals surface area (Å²) in [5.74, 6) is 1.05. The molecule has 0 bridgehead atoms. The van der Waals surface area contributed by atoms with Gasteiger partial charge in [-0.05, 0) is 37.9 Å². The van der Waals surface area contributed by atoms with Gasteiger partial charge in [0.2, 0.25) is 0 Å². The van der Waals surface area contributed by atoms with Crippen LogP contribution in [0.5, 0.6) is 0 Å². The maximum Gasteiger partial charge on any atom is 0.132 e. The van der Waals surface area contributed by atoms with Crippen LogP contribution in [0.1, 0.15) is 49.0 Å². The van der Waals surface area contributed by atoms with Crippen molar-refractivity contribution in [3.63, 3.8) is 0 Å². The summed E-state index contributed by atoms with van der Waals surface area (Å²) < 4.78 is 2.22. The molecule has 108 valence electrons. The third-order valence-electron chi connectivity index (χ3n) is 3.41. The van der Waals surface area contributed by atoms with Gasteiger partial charge in [-0.1, -0.05) is 19.9 Å².